The zero-order chi connectivity index (χ0) is 16.2. The fraction of sp³-hybridized carbons (Fsp3) is 0.235. The highest BCUT2D eigenvalue weighted by Gasteiger charge is 2.07. The lowest BCUT2D eigenvalue weighted by molar-refractivity contribution is 0.319. The molecule has 3 rings (SSSR count). The zero-order valence-corrected chi connectivity index (χ0v) is 13.2. The van der Waals surface area contributed by atoms with Crippen LogP contribution in [0.25, 0.3) is 10.9 Å². The summed E-state index contributed by atoms with van der Waals surface area (Å²) < 4.78 is 0. The molecule has 0 unspecified atom stereocenters. The second kappa shape index (κ2) is 6.58. The highest BCUT2D eigenvalue weighted by atomic mass is 16.1. The normalized spacial score (nSPS) is 11.1. The summed E-state index contributed by atoms with van der Waals surface area (Å²) in [6.45, 7) is 1.39. The molecular formula is C17H19N5O. The Kier molecular flexibility index (Phi) is 4.34. The van der Waals surface area contributed by atoms with E-state index in [-0.39, 0.29) is 5.56 Å². The van der Waals surface area contributed by atoms with Crippen LogP contribution in [0.1, 0.15) is 11.1 Å². The summed E-state index contributed by atoms with van der Waals surface area (Å²) in [5, 5.41) is 3.97. The molecule has 0 saturated carbocycles. The molecule has 2 N–H and O–H groups in total. The molecule has 0 aliphatic heterocycles. The van der Waals surface area contributed by atoms with Gasteiger partial charge in [0.25, 0.3) is 0 Å². The maximum atomic E-state index is 11.8. The summed E-state index contributed by atoms with van der Waals surface area (Å²) >= 11 is 0. The largest absolute Gasteiger partial charge is 0.357 e. The van der Waals surface area contributed by atoms with Gasteiger partial charge in [0.1, 0.15) is 0 Å². The van der Waals surface area contributed by atoms with Crippen molar-refractivity contribution in [1.82, 2.24) is 19.9 Å². The second-order valence-electron chi connectivity index (χ2n) is 5.54. The van der Waals surface area contributed by atoms with Crippen LogP contribution in [0.2, 0.25) is 0 Å². The molecule has 23 heavy (non-hydrogen) atoms. The third-order valence-corrected chi connectivity index (χ3v) is 3.66. The molecule has 0 atom stereocenters. The smallest absolute Gasteiger partial charge is 0.248 e. The molecule has 0 aliphatic carbocycles. The van der Waals surface area contributed by atoms with E-state index in [1.165, 1.54) is 0 Å². The number of hydrogen-bond donors (Lipinski definition) is 2. The standard InChI is InChI=1S/C17H19N5O/c1-18-17-19-8-12(9-20-17)10-22(2)11-13-7-16(23)21-15-6-4-3-5-14(13)15/h3-9H,10-11H2,1-2H3,(H,21,23)(H,18,19,20). The van der Waals surface area contributed by atoms with Crippen LogP contribution < -0.4 is 10.9 Å². The topological polar surface area (TPSA) is 73.9 Å². The zero-order valence-electron chi connectivity index (χ0n) is 13.2. The van der Waals surface area contributed by atoms with Gasteiger partial charge in [0.05, 0.1) is 0 Å². The molecule has 118 valence electrons. The number of hydrogen-bond acceptors (Lipinski definition) is 5. The Morgan fingerprint density at radius 3 is 2.65 bits per heavy atom. The van der Waals surface area contributed by atoms with Gasteiger partial charge in [-0.1, -0.05) is 18.2 Å². The van der Waals surface area contributed by atoms with E-state index in [2.05, 4.69) is 25.2 Å². The monoisotopic (exact) mass is 309 g/mol. The quantitative estimate of drug-likeness (QED) is 0.754. The van der Waals surface area contributed by atoms with Crippen molar-refractivity contribution in [3.8, 4) is 0 Å². The van der Waals surface area contributed by atoms with Gasteiger partial charge in [0.15, 0.2) is 0 Å². The summed E-state index contributed by atoms with van der Waals surface area (Å²) in [5.74, 6) is 0.608. The molecule has 0 bridgehead atoms. The lowest BCUT2D eigenvalue weighted by Crippen LogP contribution is -2.19. The number of anilines is 1. The minimum absolute atomic E-state index is 0.0752. The highest BCUT2D eigenvalue weighted by molar-refractivity contribution is 5.81. The van der Waals surface area contributed by atoms with Crippen molar-refractivity contribution >= 4 is 16.9 Å². The van der Waals surface area contributed by atoms with Gasteiger partial charge in [-0.05, 0) is 18.7 Å². The molecule has 2 heterocycles. The number of para-hydroxylation sites is 1. The predicted octanol–water partition coefficient (Wildman–Crippen LogP) is 1.99. The van der Waals surface area contributed by atoms with Gasteiger partial charge in [-0.15, -0.1) is 0 Å². The molecule has 0 amide bonds. The van der Waals surface area contributed by atoms with Crippen LogP contribution in [-0.2, 0) is 13.1 Å². The van der Waals surface area contributed by atoms with Crippen LogP contribution in [0.15, 0.2) is 47.5 Å². The number of aromatic nitrogens is 3. The molecule has 0 aliphatic rings. The van der Waals surface area contributed by atoms with E-state index in [0.717, 1.165) is 22.0 Å². The summed E-state index contributed by atoms with van der Waals surface area (Å²) in [6.07, 6.45) is 3.62. The van der Waals surface area contributed by atoms with Crippen molar-refractivity contribution in [1.29, 1.82) is 0 Å². The van der Waals surface area contributed by atoms with E-state index in [9.17, 15) is 4.79 Å². The van der Waals surface area contributed by atoms with Crippen molar-refractivity contribution in [2.75, 3.05) is 19.4 Å². The first-order chi connectivity index (χ1) is 11.2. The molecular weight excluding hydrogens is 290 g/mol. The predicted molar refractivity (Wildman–Crippen MR) is 91.3 cm³/mol. The number of aromatic amines is 1. The summed E-state index contributed by atoms with van der Waals surface area (Å²) in [6, 6.07) is 9.52. The number of pyridine rings is 1. The number of benzene rings is 1. The van der Waals surface area contributed by atoms with Crippen molar-refractivity contribution < 1.29 is 0 Å². The Labute approximate surface area is 134 Å². The number of nitrogens with one attached hydrogen (secondary N) is 2. The molecule has 0 saturated heterocycles. The Morgan fingerprint density at radius 2 is 1.91 bits per heavy atom. The minimum Gasteiger partial charge on any atom is -0.357 e. The van der Waals surface area contributed by atoms with Gasteiger partial charge in [-0.25, -0.2) is 9.97 Å². The maximum Gasteiger partial charge on any atom is 0.248 e. The van der Waals surface area contributed by atoms with Crippen LogP contribution in [0.5, 0.6) is 0 Å². The van der Waals surface area contributed by atoms with Crippen molar-refractivity contribution in [3.63, 3.8) is 0 Å². The lowest BCUT2D eigenvalue weighted by atomic mass is 10.1. The number of H-pyrrole nitrogens is 1. The fourth-order valence-electron chi connectivity index (χ4n) is 2.63. The average Bonchev–Trinajstić information content (AvgIpc) is 2.55. The van der Waals surface area contributed by atoms with E-state index >= 15 is 0 Å². The Hall–Kier alpha value is -2.73. The molecule has 0 radical (unpaired) electrons. The van der Waals surface area contributed by atoms with Gasteiger partial charge in [-0.2, -0.15) is 0 Å². The van der Waals surface area contributed by atoms with Crippen LogP contribution in [0.3, 0.4) is 0 Å². The van der Waals surface area contributed by atoms with E-state index in [1.807, 2.05) is 43.7 Å². The van der Waals surface area contributed by atoms with Crippen LogP contribution in [0, 0.1) is 0 Å². The van der Waals surface area contributed by atoms with Crippen LogP contribution in [0.4, 0.5) is 5.95 Å². The van der Waals surface area contributed by atoms with Gasteiger partial charge >= 0.3 is 0 Å². The maximum absolute atomic E-state index is 11.8. The van der Waals surface area contributed by atoms with Gasteiger partial charge < -0.3 is 10.3 Å². The first-order valence-electron chi connectivity index (χ1n) is 7.44. The number of rotatable bonds is 5. The molecule has 2 aromatic heterocycles. The average molecular weight is 309 g/mol. The van der Waals surface area contributed by atoms with Gasteiger partial charge in [0, 0.05) is 55.1 Å². The van der Waals surface area contributed by atoms with Crippen molar-refractivity contribution in [2.24, 2.45) is 0 Å². The number of nitrogens with zero attached hydrogens (tertiary/aromatic N) is 3. The van der Waals surface area contributed by atoms with Gasteiger partial charge in [-0.3, -0.25) is 9.69 Å². The number of fused-ring (bicyclic) bond motifs is 1. The van der Waals surface area contributed by atoms with E-state index in [4.69, 9.17) is 0 Å². The summed E-state index contributed by atoms with van der Waals surface area (Å²) in [5.41, 5.74) is 2.83. The summed E-state index contributed by atoms with van der Waals surface area (Å²) in [4.78, 5) is 25.3. The molecule has 3 aromatic rings. The molecule has 6 heteroatoms. The summed E-state index contributed by atoms with van der Waals surface area (Å²) in [7, 11) is 3.81. The van der Waals surface area contributed by atoms with Crippen LogP contribution >= 0.6 is 0 Å². The molecule has 0 spiro atoms. The first kappa shape index (κ1) is 15.2. The Morgan fingerprint density at radius 1 is 1.17 bits per heavy atom. The Bertz CT molecular complexity index is 857. The molecule has 0 fully saturated rings. The molecule has 1 aromatic carbocycles. The third kappa shape index (κ3) is 3.54. The SMILES string of the molecule is CNc1ncc(CN(C)Cc2cc(=O)[nH]c3ccccc23)cn1. The first-order valence-corrected chi connectivity index (χ1v) is 7.44. The lowest BCUT2D eigenvalue weighted by Gasteiger charge is -2.17. The Balaban J connectivity index is 1.79. The van der Waals surface area contributed by atoms with Crippen molar-refractivity contribution in [3.05, 3.63) is 64.2 Å². The fourth-order valence-corrected chi connectivity index (χ4v) is 2.63. The van der Waals surface area contributed by atoms with E-state index in [0.29, 0.717) is 19.0 Å². The van der Waals surface area contributed by atoms with Crippen LogP contribution in [-0.4, -0.2) is 33.9 Å². The van der Waals surface area contributed by atoms with E-state index in [1.54, 1.807) is 13.1 Å². The third-order valence-electron chi connectivity index (χ3n) is 3.66. The van der Waals surface area contributed by atoms with Gasteiger partial charge in [0.2, 0.25) is 11.5 Å². The van der Waals surface area contributed by atoms with E-state index < -0.39 is 0 Å². The van der Waals surface area contributed by atoms with Crippen molar-refractivity contribution in [2.45, 2.75) is 13.1 Å². The molecule has 6 nitrogen and oxygen atoms in total. The second-order valence-corrected chi connectivity index (χ2v) is 5.54. The highest BCUT2D eigenvalue weighted by Crippen LogP contribution is 2.16. The minimum atomic E-state index is -0.0752.